The van der Waals surface area contributed by atoms with Crippen molar-refractivity contribution in [1.29, 1.82) is 0 Å². The number of piperidine rings is 1. The Morgan fingerprint density at radius 2 is 1.91 bits per heavy atom. The lowest BCUT2D eigenvalue weighted by Crippen LogP contribution is -2.45. The molecular weight excluding hydrogens is 292 g/mol. The van der Waals surface area contributed by atoms with Crippen LogP contribution in [0.25, 0.3) is 0 Å². The van der Waals surface area contributed by atoms with Crippen molar-refractivity contribution in [2.45, 2.75) is 25.3 Å². The topological polar surface area (TPSA) is 59.9 Å². The molecule has 0 aliphatic carbocycles. The van der Waals surface area contributed by atoms with E-state index in [0.717, 1.165) is 38.4 Å². The van der Waals surface area contributed by atoms with E-state index in [9.17, 15) is 4.79 Å². The van der Waals surface area contributed by atoms with E-state index >= 15 is 0 Å². The van der Waals surface area contributed by atoms with Crippen LogP contribution in [0.5, 0.6) is 0 Å². The normalized spacial score (nSPS) is 22.0. The summed E-state index contributed by atoms with van der Waals surface area (Å²) in [5.41, 5.74) is 0.124. The van der Waals surface area contributed by atoms with E-state index in [1.807, 2.05) is 6.07 Å². The van der Waals surface area contributed by atoms with E-state index in [2.05, 4.69) is 26.7 Å². The van der Waals surface area contributed by atoms with Crippen LogP contribution in [0.2, 0.25) is 0 Å². The highest BCUT2D eigenvalue weighted by Crippen LogP contribution is 2.20. The van der Waals surface area contributed by atoms with Gasteiger partial charge in [0.2, 0.25) is 0 Å². The molecule has 6 nitrogen and oxygen atoms in total. The van der Waals surface area contributed by atoms with Gasteiger partial charge in [0, 0.05) is 32.2 Å². The zero-order chi connectivity index (χ0) is 16.2. The summed E-state index contributed by atoms with van der Waals surface area (Å²) in [6.07, 6.45) is 3.61. The van der Waals surface area contributed by atoms with Gasteiger partial charge in [0.1, 0.15) is 5.82 Å². The van der Waals surface area contributed by atoms with Crippen LogP contribution >= 0.6 is 0 Å². The number of aromatic carboxylic acids is 1. The van der Waals surface area contributed by atoms with Crippen molar-refractivity contribution >= 4 is 11.8 Å². The fourth-order valence-electron chi connectivity index (χ4n) is 3.61. The molecule has 2 aliphatic rings. The second-order valence-corrected chi connectivity index (χ2v) is 6.60. The van der Waals surface area contributed by atoms with Crippen molar-refractivity contribution in [3.63, 3.8) is 0 Å². The third-order valence-corrected chi connectivity index (χ3v) is 5.01. The molecule has 0 spiro atoms. The van der Waals surface area contributed by atoms with Gasteiger partial charge in [0.15, 0.2) is 5.69 Å². The number of carboxylic acids is 1. The zero-order valence-electron chi connectivity index (χ0n) is 13.8. The summed E-state index contributed by atoms with van der Waals surface area (Å²) < 4.78 is 0. The van der Waals surface area contributed by atoms with Gasteiger partial charge >= 0.3 is 5.97 Å². The average molecular weight is 318 g/mol. The van der Waals surface area contributed by atoms with Gasteiger partial charge in [-0.25, -0.2) is 9.78 Å². The number of carbonyl (C=O) groups is 1. The van der Waals surface area contributed by atoms with Crippen LogP contribution in [0.1, 0.15) is 29.8 Å². The Kier molecular flexibility index (Phi) is 5.13. The monoisotopic (exact) mass is 318 g/mol. The van der Waals surface area contributed by atoms with Crippen LogP contribution in [0.3, 0.4) is 0 Å². The molecule has 6 heteroatoms. The molecule has 0 unspecified atom stereocenters. The van der Waals surface area contributed by atoms with Gasteiger partial charge in [0.25, 0.3) is 0 Å². The Morgan fingerprint density at radius 1 is 1.13 bits per heavy atom. The zero-order valence-corrected chi connectivity index (χ0v) is 13.8. The SMILES string of the molecule is CN1CCC(N2CCCN(c3cccc(C(=O)O)n3)CC2)CC1. The first-order chi connectivity index (χ1) is 11.1. The highest BCUT2D eigenvalue weighted by atomic mass is 16.4. The molecule has 0 saturated carbocycles. The highest BCUT2D eigenvalue weighted by molar-refractivity contribution is 5.85. The van der Waals surface area contributed by atoms with Crippen molar-refractivity contribution in [3.8, 4) is 0 Å². The molecule has 0 atom stereocenters. The first-order valence-electron chi connectivity index (χ1n) is 8.51. The fraction of sp³-hybridized carbons (Fsp3) is 0.647. The van der Waals surface area contributed by atoms with Gasteiger partial charge in [-0.05, 0) is 51.5 Å². The molecule has 3 rings (SSSR count). The summed E-state index contributed by atoms with van der Waals surface area (Å²) in [6, 6.07) is 5.95. The number of hydrogen-bond donors (Lipinski definition) is 1. The maximum Gasteiger partial charge on any atom is 0.354 e. The summed E-state index contributed by atoms with van der Waals surface area (Å²) in [6.45, 7) is 6.40. The second kappa shape index (κ2) is 7.27. The minimum absolute atomic E-state index is 0.124. The lowest BCUT2D eigenvalue weighted by molar-refractivity contribution is 0.0690. The summed E-state index contributed by atoms with van der Waals surface area (Å²) in [7, 11) is 2.20. The van der Waals surface area contributed by atoms with Crippen molar-refractivity contribution in [3.05, 3.63) is 23.9 Å². The van der Waals surface area contributed by atoms with E-state index in [1.165, 1.54) is 25.9 Å². The maximum atomic E-state index is 11.1. The van der Waals surface area contributed by atoms with Gasteiger partial charge in [-0.3, -0.25) is 4.90 Å². The Morgan fingerprint density at radius 3 is 2.65 bits per heavy atom. The van der Waals surface area contributed by atoms with Gasteiger partial charge in [0.05, 0.1) is 0 Å². The second-order valence-electron chi connectivity index (χ2n) is 6.60. The van der Waals surface area contributed by atoms with Crippen molar-refractivity contribution < 1.29 is 9.90 Å². The number of carboxylic acid groups (broad SMARTS) is 1. The Hall–Kier alpha value is -1.66. The lowest BCUT2D eigenvalue weighted by atomic mass is 10.0. The fourth-order valence-corrected chi connectivity index (χ4v) is 3.61. The van der Waals surface area contributed by atoms with Crippen LogP contribution in [-0.4, -0.2) is 78.2 Å². The Bertz CT molecular complexity index is 543. The van der Waals surface area contributed by atoms with Crippen LogP contribution in [0, 0.1) is 0 Å². The van der Waals surface area contributed by atoms with Crippen molar-refractivity contribution in [1.82, 2.24) is 14.8 Å². The molecule has 1 aromatic heterocycles. The summed E-state index contributed by atoms with van der Waals surface area (Å²) in [5.74, 6) is -0.176. The molecule has 1 aromatic rings. The van der Waals surface area contributed by atoms with E-state index in [4.69, 9.17) is 5.11 Å². The molecule has 3 heterocycles. The molecule has 0 amide bonds. The van der Waals surface area contributed by atoms with E-state index in [-0.39, 0.29) is 5.69 Å². The highest BCUT2D eigenvalue weighted by Gasteiger charge is 2.25. The largest absolute Gasteiger partial charge is 0.477 e. The molecular formula is C17H26N4O2. The van der Waals surface area contributed by atoms with E-state index in [1.54, 1.807) is 12.1 Å². The van der Waals surface area contributed by atoms with Gasteiger partial charge in [-0.1, -0.05) is 6.07 Å². The molecule has 1 N–H and O–H groups in total. The number of likely N-dealkylation sites (tertiary alicyclic amines) is 1. The number of anilines is 1. The third-order valence-electron chi connectivity index (χ3n) is 5.01. The number of pyridine rings is 1. The van der Waals surface area contributed by atoms with E-state index in [0.29, 0.717) is 6.04 Å². The molecule has 2 aliphatic heterocycles. The first-order valence-corrected chi connectivity index (χ1v) is 8.51. The summed E-state index contributed by atoms with van der Waals surface area (Å²) >= 11 is 0. The molecule has 23 heavy (non-hydrogen) atoms. The van der Waals surface area contributed by atoms with Crippen molar-refractivity contribution in [2.75, 3.05) is 51.2 Å². The van der Waals surface area contributed by atoms with Crippen LogP contribution < -0.4 is 4.90 Å². The Balaban J connectivity index is 1.62. The Labute approximate surface area is 137 Å². The quantitative estimate of drug-likeness (QED) is 0.909. The smallest absolute Gasteiger partial charge is 0.354 e. The predicted molar refractivity (Wildman–Crippen MR) is 90.1 cm³/mol. The lowest BCUT2D eigenvalue weighted by Gasteiger charge is -2.36. The third kappa shape index (κ3) is 4.00. The molecule has 0 radical (unpaired) electrons. The van der Waals surface area contributed by atoms with Gasteiger partial charge in [-0.15, -0.1) is 0 Å². The average Bonchev–Trinajstić information content (AvgIpc) is 2.82. The van der Waals surface area contributed by atoms with Crippen LogP contribution in [-0.2, 0) is 0 Å². The van der Waals surface area contributed by atoms with Crippen LogP contribution in [0.15, 0.2) is 18.2 Å². The summed E-state index contributed by atoms with van der Waals surface area (Å²) in [5, 5.41) is 9.10. The standard InChI is InChI=1S/C17H26N4O2/c1-19-10-6-14(7-11-19)20-8-3-9-21(13-12-20)16-5-2-4-15(18-16)17(22)23/h2,4-5,14H,3,6-13H2,1H3,(H,22,23). The number of rotatable bonds is 3. The summed E-state index contributed by atoms with van der Waals surface area (Å²) in [4.78, 5) is 22.6. The minimum Gasteiger partial charge on any atom is -0.477 e. The molecule has 2 fully saturated rings. The number of nitrogens with zero attached hydrogens (tertiary/aromatic N) is 4. The maximum absolute atomic E-state index is 11.1. The number of aromatic nitrogens is 1. The first kappa shape index (κ1) is 16.2. The van der Waals surface area contributed by atoms with Gasteiger partial charge < -0.3 is 14.9 Å². The predicted octanol–water partition coefficient (Wildman–Crippen LogP) is 1.39. The van der Waals surface area contributed by atoms with Crippen LogP contribution in [0.4, 0.5) is 5.82 Å². The molecule has 2 saturated heterocycles. The van der Waals surface area contributed by atoms with Gasteiger partial charge in [-0.2, -0.15) is 0 Å². The van der Waals surface area contributed by atoms with E-state index < -0.39 is 5.97 Å². The minimum atomic E-state index is -0.963. The molecule has 0 bridgehead atoms. The molecule has 0 aromatic carbocycles. The molecule has 126 valence electrons. The van der Waals surface area contributed by atoms with Crippen molar-refractivity contribution in [2.24, 2.45) is 0 Å². The number of hydrogen-bond acceptors (Lipinski definition) is 5.